The fourth-order valence-corrected chi connectivity index (χ4v) is 1.86. The third-order valence-corrected chi connectivity index (χ3v) is 2.29. The van der Waals surface area contributed by atoms with Crippen molar-refractivity contribution in [2.24, 2.45) is 0 Å². The number of hydrogen-bond acceptors (Lipinski definition) is 3. The summed E-state index contributed by atoms with van der Waals surface area (Å²) in [5.41, 5.74) is -0.162. The SMILES string of the molecule is CC(=O)Oc1c(Br)cc(Cl)cc1C(=O)O. The molecule has 0 spiro atoms. The molecule has 0 atom stereocenters. The maximum absolute atomic E-state index is 10.8. The van der Waals surface area contributed by atoms with E-state index in [2.05, 4.69) is 15.9 Å². The molecule has 0 fully saturated rings. The van der Waals surface area contributed by atoms with Gasteiger partial charge in [-0.05, 0) is 28.1 Å². The van der Waals surface area contributed by atoms with Gasteiger partial charge in [0.2, 0.25) is 0 Å². The van der Waals surface area contributed by atoms with Crippen molar-refractivity contribution in [1.82, 2.24) is 0 Å². The molecule has 0 radical (unpaired) electrons. The fourth-order valence-electron chi connectivity index (χ4n) is 0.967. The van der Waals surface area contributed by atoms with Gasteiger partial charge in [-0.25, -0.2) is 4.79 Å². The van der Waals surface area contributed by atoms with Crippen LogP contribution in [-0.4, -0.2) is 17.0 Å². The average Bonchev–Trinajstić information content (AvgIpc) is 2.08. The first kappa shape index (κ1) is 12.0. The van der Waals surface area contributed by atoms with Crippen molar-refractivity contribution in [3.05, 3.63) is 27.2 Å². The third-order valence-electron chi connectivity index (χ3n) is 1.48. The number of aromatic carboxylic acids is 1. The quantitative estimate of drug-likeness (QED) is 0.672. The summed E-state index contributed by atoms with van der Waals surface area (Å²) in [5.74, 6) is -1.85. The molecular weight excluding hydrogens is 287 g/mol. The van der Waals surface area contributed by atoms with Gasteiger partial charge >= 0.3 is 11.9 Å². The van der Waals surface area contributed by atoms with Gasteiger partial charge in [-0.1, -0.05) is 11.6 Å². The van der Waals surface area contributed by atoms with Gasteiger partial charge in [-0.15, -0.1) is 0 Å². The number of ether oxygens (including phenoxy) is 1. The molecule has 0 aromatic heterocycles. The molecular formula is C9H6BrClO4. The smallest absolute Gasteiger partial charge is 0.339 e. The molecule has 0 aliphatic heterocycles. The van der Waals surface area contributed by atoms with Crippen LogP contribution in [0.5, 0.6) is 5.75 Å². The van der Waals surface area contributed by atoms with Crippen LogP contribution in [0.2, 0.25) is 5.02 Å². The summed E-state index contributed by atoms with van der Waals surface area (Å²) in [6.07, 6.45) is 0. The Morgan fingerprint density at radius 3 is 2.53 bits per heavy atom. The van der Waals surface area contributed by atoms with Crippen LogP contribution in [0.25, 0.3) is 0 Å². The van der Waals surface area contributed by atoms with Gasteiger partial charge in [0.05, 0.1) is 4.47 Å². The molecule has 15 heavy (non-hydrogen) atoms. The molecule has 6 heteroatoms. The van der Waals surface area contributed by atoms with Crippen molar-refractivity contribution in [3.63, 3.8) is 0 Å². The lowest BCUT2D eigenvalue weighted by atomic mass is 10.2. The summed E-state index contributed by atoms with van der Waals surface area (Å²) in [5, 5.41) is 9.10. The first-order chi connectivity index (χ1) is 6.91. The normalized spacial score (nSPS) is 9.80. The summed E-state index contributed by atoms with van der Waals surface area (Å²) >= 11 is 8.74. The Bertz CT molecular complexity index is 430. The molecule has 1 N–H and O–H groups in total. The van der Waals surface area contributed by atoms with E-state index in [9.17, 15) is 9.59 Å². The largest absolute Gasteiger partial charge is 0.478 e. The fraction of sp³-hybridized carbons (Fsp3) is 0.111. The van der Waals surface area contributed by atoms with Crippen LogP contribution >= 0.6 is 27.5 Å². The van der Waals surface area contributed by atoms with E-state index < -0.39 is 11.9 Å². The summed E-state index contributed by atoms with van der Waals surface area (Å²) in [7, 11) is 0. The topological polar surface area (TPSA) is 63.6 Å². The van der Waals surface area contributed by atoms with Crippen molar-refractivity contribution in [2.45, 2.75) is 6.92 Å². The number of rotatable bonds is 2. The number of carbonyl (C=O) groups excluding carboxylic acids is 1. The van der Waals surface area contributed by atoms with Crippen molar-refractivity contribution >= 4 is 39.5 Å². The van der Waals surface area contributed by atoms with Crippen LogP contribution < -0.4 is 4.74 Å². The van der Waals surface area contributed by atoms with Gasteiger partial charge < -0.3 is 9.84 Å². The van der Waals surface area contributed by atoms with Crippen LogP contribution in [0.3, 0.4) is 0 Å². The molecule has 0 unspecified atom stereocenters. The summed E-state index contributed by atoms with van der Waals surface area (Å²) in [4.78, 5) is 21.6. The van der Waals surface area contributed by atoms with Crippen LogP contribution in [0.1, 0.15) is 17.3 Å². The van der Waals surface area contributed by atoms with Gasteiger partial charge in [0.25, 0.3) is 0 Å². The zero-order valence-electron chi connectivity index (χ0n) is 7.58. The van der Waals surface area contributed by atoms with Crippen molar-refractivity contribution in [3.8, 4) is 5.75 Å². The Labute approximate surface area is 98.9 Å². The van der Waals surface area contributed by atoms with Gasteiger partial charge in [0, 0.05) is 11.9 Å². The summed E-state index contributed by atoms with van der Waals surface area (Å²) < 4.78 is 5.09. The molecule has 1 aromatic carbocycles. The molecule has 0 aliphatic rings. The van der Waals surface area contributed by atoms with E-state index in [1.54, 1.807) is 0 Å². The molecule has 0 heterocycles. The Kier molecular flexibility index (Phi) is 3.71. The molecule has 0 amide bonds. The van der Waals surface area contributed by atoms with Crippen LogP contribution in [0, 0.1) is 0 Å². The molecule has 0 aliphatic carbocycles. The summed E-state index contributed by atoms with van der Waals surface area (Å²) in [6, 6.07) is 2.67. The van der Waals surface area contributed by atoms with Crippen LogP contribution in [0.4, 0.5) is 0 Å². The number of carbonyl (C=O) groups is 2. The molecule has 0 bridgehead atoms. The van der Waals surface area contributed by atoms with Gasteiger partial charge in [-0.3, -0.25) is 4.79 Å². The monoisotopic (exact) mass is 292 g/mol. The van der Waals surface area contributed by atoms with E-state index in [4.69, 9.17) is 21.4 Å². The first-order valence-electron chi connectivity index (χ1n) is 3.82. The second-order valence-electron chi connectivity index (χ2n) is 2.66. The van der Waals surface area contributed by atoms with Crippen LogP contribution in [0.15, 0.2) is 16.6 Å². The van der Waals surface area contributed by atoms with Gasteiger partial charge in [0.1, 0.15) is 5.56 Å². The van der Waals surface area contributed by atoms with E-state index in [1.165, 1.54) is 19.1 Å². The zero-order chi connectivity index (χ0) is 11.6. The molecule has 0 saturated carbocycles. The van der Waals surface area contributed by atoms with Gasteiger partial charge in [-0.2, -0.15) is 0 Å². The predicted molar refractivity (Wildman–Crippen MR) is 57.4 cm³/mol. The minimum Gasteiger partial charge on any atom is -0.478 e. The molecule has 0 saturated heterocycles. The lowest BCUT2D eigenvalue weighted by molar-refractivity contribution is -0.131. The van der Waals surface area contributed by atoms with Crippen molar-refractivity contribution in [1.29, 1.82) is 0 Å². The highest BCUT2D eigenvalue weighted by Crippen LogP contribution is 2.32. The number of carboxylic acids is 1. The minimum absolute atomic E-state index is 0.0422. The van der Waals surface area contributed by atoms with Gasteiger partial charge in [0.15, 0.2) is 5.75 Å². The van der Waals surface area contributed by atoms with Crippen molar-refractivity contribution < 1.29 is 19.4 Å². The number of hydrogen-bond donors (Lipinski definition) is 1. The van der Waals surface area contributed by atoms with Crippen molar-refractivity contribution in [2.75, 3.05) is 0 Å². The first-order valence-corrected chi connectivity index (χ1v) is 4.99. The Morgan fingerprint density at radius 1 is 1.47 bits per heavy atom. The van der Waals surface area contributed by atoms with E-state index in [0.29, 0.717) is 4.47 Å². The maximum Gasteiger partial charge on any atom is 0.339 e. The second-order valence-corrected chi connectivity index (χ2v) is 3.95. The number of benzene rings is 1. The highest BCUT2D eigenvalue weighted by molar-refractivity contribution is 9.10. The standard InChI is InChI=1S/C9H6BrClO4/c1-4(12)15-8-6(9(13)14)2-5(11)3-7(8)10/h2-3H,1H3,(H,13,14). The van der Waals surface area contributed by atoms with Crippen LogP contribution in [-0.2, 0) is 4.79 Å². The molecule has 1 rings (SSSR count). The van der Waals surface area contributed by atoms with E-state index in [0.717, 1.165) is 0 Å². The highest BCUT2D eigenvalue weighted by Gasteiger charge is 2.17. The lowest BCUT2D eigenvalue weighted by Gasteiger charge is -2.08. The highest BCUT2D eigenvalue weighted by atomic mass is 79.9. The zero-order valence-corrected chi connectivity index (χ0v) is 9.92. The molecule has 4 nitrogen and oxygen atoms in total. The number of carboxylic acid groups (broad SMARTS) is 1. The minimum atomic E-state index is -1.21. The second kappa shape index (κ2) is 4.63. The van der Waals surface area contributed by atoms with E-state index in [-0.39, 0.29) is 16.3 Å². The van der Waals surface area contributed by atoms with E-state index in [1.807, 2.05) is 0 Å². The number of esters is 1. The Morgan fingerprint density at radius 2 is 2.07 bits per heavy atom. The Balaban J connectivity index is 3.33. The third kappa shape index (κ3) is 2.94. The molecule has 80 valence electrons. The lowest BCUT2D eigenvalue weighted by Crippen LogP contribution is -2.08. The van der Waals surface area contributed by atoms with E-state index >= 15 is 0 Å². The average molecular weight is 294 g/mol. The molecule has 1 aromatic rings. The maximum atomic E-state index is 10.8. The predicted octanol–water partition coefficient (Wildman–Crippen LogP) is 2.73. The number of halogens is 2. The Hall–Kier alpha value is -1.07. The summed E-state index contributed by atoms with van der Waals surface area (Å²) in [6.45, 7) is 1.19.